The zero-order valence-corrected chi connectivity index (χ0v) is 18.1. The predicted octanol–water partition coefficient (Wildman–Crippen LogP) is 3.11. The fourth-order valence-electron chi connectivity index (χ4n) is 4.65. The van der Waals surface area contributed by atoms with Crippen LogP contribution in [-0.4, -0.2) is 53.0 Å². The maximum absolute atomic E-state index is 12.9. The highest BCUT2D eigenvalue weighted by Gasteiger charge is 2.24. The summed E-state index contributed by atoms with van der Waals surface area (Å²) in [4.78, 5) is 34.4. The molecule has 1 aromatic carbocycles. The maximum atomic E-state index is 12.9. The Morgan fingerprint density at radius 1 is 1.07 bits per heavy atom. The van der Waals surface area contributed by atoms with Gasteiger partial charge in [-0.25, -0.2) is 4.98 Å². The highest BCUT2D eigenvalue weighted by molar-refractivity contribution is 7.17. The molecule has 0 bridgehead atoms. The van der Waals surface area contributed by atoms with Gasteiger partial charge in [-0.15, -0.1) is 11.3 Å². The van der Waals surface area contributed by atoms with Gasteiger partial charge in [-0.05, 0) is 43.3 Å². The van der Waals surface area contributed by atoms with Crippen molar-refractivity contribution in [2.45, 2.75) is 32.7 Å². The zero-order valence-electron chi connectivity index (χ0n) is 17.3. The molecule has 1 fully saturated rings. The number of thiophene rings is 1. The molecule has 0 unspecified atom stereocenters. The summed E-state index contributed by atoms with van der Waals surface area (Å²) >= 11 is 1.79. The Hall–Kier alpha value is -2.51. The first-order valence-corrected chi connectivity index (χ1v) is 11.6. The summed E-state index contributed by atoms with van der Waals surface area (Å²) < 4.78 is 2.93. The van der Waals surface area contributed by atoms with E-state index in [2.05, 4.69) is 44.4 Å². The highest BCUT2D eigenvalue weighted by Crippen LogP contribution is 2.31. The standard InChI is InChI=1S/C23H26N4O2S/c1-16-17(23(29)27-9-3-5-20(28)22(27)24-16)7-10-25-11-13-26(14-12-25)19-4-2-6-21-18(19)8-15-30-21/h2,4,6,8,15H,3,5,7,9-14H2,1H3. The molecule has 0 atom stereocenters. The van der Waals surface area contributed by atoms with Gasteiger partial charge in [-0.2, -0.15) is 0 Å². The lowest BCUT2D eigenvalue weighted by Crippen LogP contribution is -2.47. The molecule has 0 amide bonds. The van der Waals surface area contributed by atoms with Gasteiger partial charge in [0.1, 0.15) is 0 Å². The van der Waals surface area contributed by atoms with E-state index < -0.39 is 0 Å². The number of carbonyl (C=O) groups excluding carboxylic acids is 1. The summed E-state index contributed by atoms with van der Waals surface area (Å²) in [7, 11) is 0. The number of hydrogen-bond acceptors (Lipinski definition) is 6. The minimum Gasteiger partial charge on any atom is -0.368 e. The van der Waals surface area contributed by atoms with Crippen LogP contribution in [0.4, 0.5) is 5.69 Å². The van der Waals surface area contributed by atoms with Gasteiger partial charge in [0.2, 0.25) is 0 Å². The second kappa shape index (κ2) is 7.96. The van der Waals surface area contributed by atoms with E-state index in [9.17, 15) is 9.59 Å². The molecule has 7 heteroatoms. The number of carbonyl (C=O) groups is 1. The first-order chi connectivity index (χ1) is 14.6. The van der Waals surface area contributed by atoms with Crippen molar-refractivity contribution in [3.8, 4) is 0 Å². The van der Waals surface area contributed by atoms with E-state index in [4.69, 9.17) is 0 Å². The molecule has 4 heterocycles. The monoisotopic (exact) mass is 422 g/mol. The summed E-state index contributed by atoms with van der Waals surface area (Å²) in [6.45, 7) is 7.26. The van der Waals surface area contributed by atoms with Crippen LogP contribution in [0.1, 0.15) is 34.7 Å². The van der Waals surface area contributed by atoms with Crippen LogP contribution in [0.2, 0.25) is 0 Å². The Labute approximate surface area is 179 Å². The molecular weight excluding hydrogens is 396 g/mol. The molecule has 0 aliphatic carbocycles. The molecule has 5 rings (SSSR count). The summed E-state index contributed by atoms with van der Waals surface area (Å²) in [5.41, 5.74) is 2.78. The van der Waals surface area contributed by atoms with Crippen LogP contribution in [0.5, 0.6) is 0 Å². The van der Waals surface area contributed by atoms with Gasteiger partial charge in [0.15, 0.2) is 11.6 Å². The van der Waals surface area contributed by atoms with Crippen molar-refractivity contribution in [1.82, 2.24) is 14.5 Å². The Balaban J connectivity index is 1.25. The Bertz CT molecular complexity index is 1160. The summed E-state index contributed by atoms with van der Waals surface area (Å²) in [5.74, 6) is 0.341. The number of Topliss-reactive ketones (excluding diaryl/α,β-unsaturated/α-hetero) is 1. The molecule has 0 saturated carbocycles. The van der Waals surface area contributed by atoms with E-state index in [-0.39, 0.29) is 11.3 Å². The first kappa shape index (κ1) is 19.5. The lowest BCUT2D eigenvalue weighted by Gasteiger charge is -2.36. The van der Waals surface area contributed by atoms with Crippen LogP contribution in [0.3, 0.4) is 0 Å². The number of nitrogens with zero attached hydrogens (tertiary/aromatic N) is 4. The fraction of sp³-hybridized carbons (Fsp3) is 0.435. The van der Waals surface area contributed by atoms with E-state index in [1.807, 2.05) is 6.92 Å². The Kier molecular flexibility index (Phi) is 5.16. The minimum atomic E-state index is -0.0201. The maximum Gasteiger partial charge on any atom is 0.257 e. The molecule has 156 valence electrons. The molecule has 0 radical (unpaired) electrons. The van der Waals surface area contributed by atoms with Crippen LogP contribution in [0.25, 0.3) is 10.1 Å². The van der Waals surface area contributed by atoms with Gasteiger partial charge in [0, 0.05) is 72.7 Å². The third-order valence-corrected chi connectivity index (χ3v) is 7.25. The van der Waals surface area contributed by atoms with Crippen molar-refractivity contribution in [3.05, 3.63) is 57.1 Å². The normalized spacial score (nSPS) is 17.5. The van der Waals surface area contributed by atoms with Crippen molar-refractivity contribution in [2.24, 2.45) is 0 Å². The van der Waals surface area contributed by atoms with Crippen LogP contribution in [0, 0.1) is 6.92 Å². The van der Waals surface area contributed by atoms with Crippen LogP contribution >= 0.6 is 11.3 Å². The van der Waals surface area contributed by atoms with Gasteiger partial charge in [0.25, 0.3) is 5.56 Å². The van der Waals surface area contributed by atoms with E-state index in [0.717, 1.165) is 44.7 Å². The first-order valence-electron chi connectivity index (χ1n) is 10.7. The number of aromatic nitrogens is 2. The molecular formula is C23H26N4O2S. The average molecular weight is 423 g/mol. The van der Waals surface area contributed by atoms with E-state index in [1.54, 1.807) is 15.9 Å². The lowest BCUT2D eigenvalue weighted by atomic mass is 10.1. The molecule has 3 aromatic rings. The van der Waals surface area contributed by atoms with Crippen molar-refractivity contribution in [3.63, 3.8) is 0 Å². The average Bonchev–Trinajstić information content (AvgIpc) is 3.24. The number of fused-ring (bicyclic) bond motifs is 2. The predicted molar refractivity (Wildman–Crippen MR) is 121 cm³/mol. The Morgan fingerprint density at radius 3 is 2.73 bits per heavy atom. The van der Waals surface area contributed by atoms with Crippen molar-refractivity contribution >= 4 is 32.9 Å². The van der Waals surface area contributed by atoms with Gasteiger partial charge in [0.05, 0.1) is 0 Å². The van der Waals surface area contributed by atoms with Crippen molar-refractivity contribution < 1.29 is 4.79 Å². The number of hydrogen-bond donors (Lipinski definition) is 0. The lowest BCUT2D eigenvalue weighted by molar-refractivity contribution is 0.0945. The van der Waals surface area contributed by atoms with Gasteiger partial charge >= 0.3 is 0 Å². The number of anilines is 1. The van der Waals surface area contributed by atoms with Crippen LogP contribution < -0.4 is 10.5 Å². The van der Waals surface area contributed by atoms with Gasteiger partial charge < -0.3 is 4.90 Å². The van der Waals surface area contributed by atoms with Crippen LogP contribution in [0.15, 0.2) is 34.4 Å². The molecule has 6 nitrogen and oxygen atoms in total. The SMILES string of the molecule is Cc1nc2n(c(=O)c1CCN1CCN(c3cccc4sccc34)CC1)CCCC2=O. The van der Waals surface area contributed by atoms with Crippen molar-refractivity contribution in [2.75, 3.05) is 37.6 Å². The number of aryl methyl sites for hydroxylation is 1. The van der Waals surface area contributed by atoms with E-state index in [0.29, 0.717) is 30.9 Å². The largest absolute Gasteiger partial charge is 0.368 e. The number of benzene rings is 1. The molecule has 2 aliphatic rings. The molecule has 2 aliphatic heterocycles. The molecule has 2 aromatic heterocycles. The fourth-order valence-corrected chi connectivity index (χ4v) is 5.46. The highest BCUT2D eigenvalue weighted by atomic mass is 32.1. The number of rotatable bonds is 4. The molecule has 0 N–H and O–H groups in total. The van der Waals surface area contributed by atoms with E-state index in [1.165, 1.54) is 15.8 Å². The number of piperazine rings is 1. The third kappa shape index (κ3) is 3.46. The summed E-state index contributed by atoms with van der Waals surface area (Å²) in [5, 5.41) is 3.50. The van der Waals surface area contributed by atoms with Crippen LogP contribution in [-0.2, 0) is 13.0 Å². The molecule has 1 saturated heterocycles. The summed E-state index contributed by atoms with van der Waals surface area (Å²) in [6.07, 6.45) is 1.91. The second-order valence-electron chi connectivity index (χ2n) is 8.17. The van der Waals surface area contributed by atoms with E-state index >= 15 is 0 Å². The third-order valence-electron chi connectivity index (χ3n) is 6.37. The van der Waals surface area contributed by atoms with Gasteiger partial charge in [-0.1, -0.05) is 6.07 Å². The smallest absolute Gasteiger partial charge is 0.257 e. The molecule has 0 spiro atoms. The second-order valence-corrected chi connectivity index (χ2v) is 9.12. The minimum absolute atomic E-state index is 0.00948. The summed E-state index contributed by atoms with van der Waals surface area (Å²) in [6, 6.07) is 8.76. The Morgan fingerprint density at radius 2 is 1.90 bits per heavy atom. The van der Waals surface area contributed by atoms with Gasteiger partial charge in [-0.3, -0.25) is 19.1 Å². The topological polar surface area (TPSA) is 58.4 Å². The zero-order chi connectivity index (χ0) is 20.7. The molecule has 30 heavy (non-hydrogen) atoms. The number of ketones is 1. The quantitative estimate of drug-likeness (QED) is 0.647. The van der Waals surface area contributed by atoms with Crippen molar-refractivity contribution in [1.29, 1.82) is 0 Å².